The van der Waals surface area contributed by atoms with Gasteiger partial charge in [0, 0.05) is 23.9 Å². The second-order valence-electron chi connectivity index (χ2n) is 10.2. The minimum Gasteiger partial charge on any atom is -0.407 e. The predicted octanol–water partition coefficient (Wildman–Crippen LogP) is 4.34. The standard InChI is InChI=1S/C25H34N2O3S2Si/c1-24(2,3)27-32(28,29)23-26-20(19-31-23)17-18-30-33(25(4,5)6,21-13-9-7-10-14-21)22-15-11-8-12-16-22/h7-16,19,27H,17-18H2,1-6H3. The smallest absolute Gasteiger partial charge is 0.268 e. The third-order valence-electron chi connectivity index (χ3n) is 5.29. The number of sulfonamides is 1. The lowest BCUT2D eigenvalue weighted by atomic mass is 10.1. The molecule has 1 aromatic heterocycles. The largest absolute Gasteiger partial charge is 0.407 e. The molecule has 0 aliphatic heterocycles. The molecule has 1 N–H and O–H groups in total. The van der Waals surface area contributed by atoms with Crippen LogP contribution in [-0.2, 0) is 20.9 Å². The number of thiazole rings is 1. The molecule has 0 spiro atoms. The van der Waals surface area contributed by atoms with Gasteiger partial charge in [-0.25, -0.2) is 18.1 Å². The fourth-order valence-electron chi connectivity index (χ4n) is 4.04. The van der Waals surface area contributed by atoms with Gasteiger partial charge in [0.1, 0.15) is 0 Å². The van der Waals surface area contributed by atoms with Gasteiger partial charge in [0.2, 0.25) is 4.34 Å². The third-order valence-corrected chi connectivity index (χ3v) is 13.4. The lowest BCUT2D eigenvalue weighted by Gasteiger charge is -2.43. The molecule has 0 aliphatic carbocycles. The molecule has 2 aromatic carbocycles. The van der Waals surface area contributed by atoms with E-state index in [-0.39, 0.29) is 9.38 Å². The van der Waals surface area contributed by atoms with E-state index in [1.807, 2.05) is 38.3 Å². The van der Waals surface area contributed by atoms with Crippen LogP contribution in [-0.4, -0.2) is 33.9 Å². The van der Waals surface area contributed by atoms with E-state index in [2.05, 4.69) is 79.0 Å². The van der Waals surface area contributed by atoms with Crippen LogP contribution in [0.1, 0.15) is 47.2 Å². The molecule has 0 aliphatic rings. The highest BCUT2D eigenvalue weighted by molar-refractivity contribution is 7.91. The van der Waals surface area contributed by atoms with E-state index in [9.17, 15) is 8.42 Å². The molecule has 0 fully saturated rings. The van der Waals surface area contributed by atoms with Gasteiger partial charge >= 0.3 is 0 Å². The Kier molecular flexibility index (Phi) is 7.65. The van der Waals surface area contributed by atoms with Crippen LogP contribution in [0.5, 0.6) is 0 Å². The fraction of sp³-hybridized carbons (Fsp3) is 0.400. The highest BCUT2D eigenvalue weighted by Gasteiger charge is 2.50. The third kappa shape index (κ3) is 5.99. The molecule has 3 rings (SSSR count). The van der Waals surface area contributed by atoms with E-state index in [0.29, 0.717) is 13.0 Å². The number of rotatable bonds is 8. The summed E-state index contributed by atoms with van der Waals surface area (Å²) in [5.74, 6) is 0. The van der Waals surface area contributed by atoms with Crippen molar-refractivity contribution in [2.45, 2.75) is 62.9 Å². The zero-order chi connectivity index (χ0) is 24.3. The van der Waals surface area contributed by atoms with Gasteiger partial charge in [0.05, 0.1) is 5.69 Å². The topological polar surface area (TPSA) is 68.3 Å². The molecule has 33 heavy (non-hydrogen) atoms. The van der Waals surface area contributed by atoms with Crippen molar-refractivity contribution in [3.63, 3.8) is 0 Å². The molecule has 3 aromatic rings. The zero-order valence-corrected chi connectivity index (χ0v) is 22.9. The number of aromatic nitrogens is 1. The SMILES string of the molecule is CC(C)(C)NS(=O)(=O)c1nc(CCO[Si](c2ccccc2)(c2ccccc2)C(C)(C)C)cs1. The van der Waals surface area contributed by atoms with E-state index >= 15 is 0 Å². The number of benzene rings is 2. The normalized spacial score (nSPS) is 13.3. The summed E-state index contributed by atoms with van der Waals surface area (Å²) in [4.78, 5) is 4.40. The summed E-state index contributed by atoms with van der Waals surface area (Å²) in [5, 5.41) is 4.15. The summed E-state index contributed by atoms with van der Waals surface area (Å²) >= 11 is 1.15. The molecular weight excluding hydrogens is 469 g/mol. The Labute approximate surface area is 203 Å². The number of nitrogens with zero attached hydrogens (tertiary/aromatic N) is 1. The average molecular weight is 503 g/mol. The van der Waals surface area contributed by atoms with Crippen molar-refractivity contribution >= 4 is 40.1 Å². The average Bonchev–Trinajstić information content (AvgIpc) is 3.20. The van der Waals surface area contributed by atoms with Crippen molar-refractivity contribution in [1.29, 1.82) is 0 Å². The number of hydrogen-bond donors (Lipinski definition) is 1. The summed E-state index contributed by atoms with van der Waals surface area (Å²) in [6.07, 6.45) is 0.548. The van der Waals surface area contributed by atoms with Crippen molar-refractivity contribution in [3.05, 3.63) is 71.7 Å². The molecule has 0 saturated heterocycles. The van der Waals surface area contributed by atoms with Crippen molar-refractivity contribution in [2.24, 2.45) is 0 Å². The maximum absolute atomic E-state index is 12.6. The molecule has 0 amide bonds. The van der Waals surface area contributed by atoms with Crippen LogP contribution in [0.15, 0.2) is 70.4 Å². The molecule has 0 saturated carbocycles. The van der Waals surface area contributed by atoms with Gasteiger partial charge in [-0.05, 0) is 36.2 Å². The quantitative estimate of drug-likeness (QED) is 0.465. The Morgan fingerprint density at radius 1 is 0.909 bits per heavy atom. The van der Waals surface area contributed by atoms with E-state index in [1.54, 1.807) is 0 Å². The highest BCUT2D eigenvalue weighted by atomic mass is 32.2. The molecule has 0 bridgehead atoms. The summed E-state index contributed by atoms with van der Waals surface area (Å²) in [7, 11) is -6.25. The first-order valence-electron chi connectivity index (χ1n) is 11.1. The molecule has 0 atom stereocenters. The molecule has 178 valence electrons. The summed E-state index contributed by atoms with van der Waals surface area (Å²) in [5.41, 5.74) is 0.170. The van der Waals surface area contributed by atoms with E-state index < -0.39 is 23.9 Å². The van der Waals surface area contributed by atoms with Gasteiger partial charge in [-0.2, -0.15) is 0 Å². The zero-order valence-electron chi connectivity index (χ0n) is 20.3. The minimum atomic E-state index is -3.63. The molecule has 0 unspecified atom stereocenters. The molecule has 0 radical (unpaired) electrons. The van der Waals surface area contributed by atoms with Crippen LogP contribution in [0.2, 0.25) is 5.04 Å². The van der Waals surface area contributed by atoms with Gasteiger partial charge in [0.25, 0.3) is 18.3 Å². The second-order valence-corrected chi connectivity index (χ2v) is 17.2. The highest BCUT2D eigenvalue weighted by Crippen LogP contribution is 2.36. The van der Waals surface area contributed by atoms with Crippen LogP contribution >= 0.6 is 11.3 Å². The van der Waals surface area contributed by atoms with Gasteiger partial charge in [0.15, 0.2) is 0 Å². The van der Waals surface area contributed by atoms with Crippen molar-refractivity contribution in [2.75, 3.05) is 6.61 Å². The van der Waals surface area contributed by atoms with Crippen LogP contribution in [0, 0.1) is 0 Å². The monoisotopic (exact) mass is 502 g/mol. The Morgan fingerprint density at radius 2 is 1.42 bits per heavy atom. The molecular formula is C25H34N2O3S2Si. The van der Waals surface area contributed by atoms with Crippen LogP contribution in [0.3, 0.4) is 0 Å². The van der Waals surface area contributed by atoms with Crippen LogP contribution in [0.25, 0.3) is 0 Å². The molecule has 8 heteroatoms. The Hall–Kier alpha value is -1.84. The van der Waals surface area contributed by atoms with Crippen molar-refractivity contribution in [3.8, 4) is 0 Å². The molecule has 1 heterocycles. The Balaban J connectivity index is 1.87. The first-order valence-corrected chi connectivity index (χ1v) is 15.4. The van der Waals surface area contributed by atoms with Crippen LogP contribution in [0.4, 0.5) is 0 Å². The van der Waals surface area contributed by atoms with E-state index in [4.69, 9.17) is 4.43 Å². The van der Waals surface area contributed by atoms with E-state index in [1.165, 1.54) is 10.4 Å². The first kappa shape index (κ1) is 25.8. The maximum atomic E-state index is 12.6. The maximum Gasteiger partial charge on any atom is 0.268 e. The summed E-state index contributed by atoms with van der Waals surface area (Å²) in [6, 6.07) is 21.0. The minimum absolute atomic E-state index is 0.0953. The van der Waals surface area contributed by atoms with Gasteiger partial charge in [-0.1, -0.05) is 81.4 Å². The summed E-state index contributed by atoms with van der Waals surface area (Å²) in [6.45, 7) is 12.6. The van der Waals surface area contributed by atoms with Crippen molar-refractivity contribution < 1.29 is 12.8 Å². The Bertz CT molecular complexity index is 1110. The number of hydrogen-bond acceptors (Lipinski definition) is 5. The van der Waals surface area contributed by atoms with Gasteiger partial charge in [-0.3, -0.25) is 0 Å². The van der Waals surface area contributed by atoms with Gasteiger partial charge < -0.3 is 4.43 Å². The number of nitrogens with one attached hydrogen (secondary N) is 1. The Morgan fingerprint density at radius 3 is 1.88 bits per heavy atom. The van der Waals surface area contributed by atoms with Gasteiger partial charge in [-0.15, -0.1) is 11.3 Å². The lowest BCUT2D eigenvalue weighted by molar-refractivity contribution is 0.300. The predicted molar refractivity (Wildman–Crippen MR) is 139 cm³/mol. The fourth-order valence-corrected chi connectivity index (χ4v) is 11.1. The first-order chi connectivity index (χ1) is 15.4. The molecule has 5 nitrogen and oxygen atoms in total. The lowest BCUT2D eigenvalue weighted by Crippen LogP contribution is -2.66. The summed E-state index contributed by atoms with van der Waals surface area (Å²) < 4.78 is 34.9. The van der Waals surface area contributed by atoms with E-state index in [0.717, 1.165) is 17.0 Å². The second kappa shape index (κ2) is 9.80. The van der Waals surface area contributed by atoms with Crippen LogP contribution < -0.4 is 15.1 Å². The van der Waals surface area contributed by atoms with Crippen molar-refractivity contribution in [1.82, 2.24) is 9.71 Å².